The standard InChI is InChI=1S/C7H11BCl2SSi/c1-12(2,3)7-5-4-6(11-7)8(9)10/h4-5H,1-3H3. The first-order valence-corrected chi connectivity index (χ1v) is 8.98. The Labute approximate surface area is 88.8 Å². The molecule has 0 radical (unpaired) electrons. The molecular weight excluding hydrogens is 226 g/mol. The van der Waals surface area contributed by atoms with Crippen LogP contribution in [0.15, 0.2) is 12.1 Å². The van der Waals surface area contributed by atoms with Crippen LogP contribution in [0.2, 0.25) is 19.6 Å². The van der Waals surface area contributed by atoms with E-state index in [1.165, 1.54) is 4.50 Å². The van der Waals surface area contributed by atoms with Gasteiger partial charge in [0.2, 0.25) is 0 Å². The van der Waals surface area contributed by atoms with Gasteiger partial charge in [0.1, 0.15) is 0 Å². The van der Waals surface area contributed by atoms with Crippen molar-refractivity contribution in [2.24, 2.45) is 0 Å². The molecule has 0 spiro atoms. The minimum Gasteiger partial charge on any atom is -0.164 e. The minimum absolute atomic E-state index is 0.361. The van der Waals surface area contributed by atoms with Gasteiger partial charge in [-0.3, -0.25) is 0 Å². The number of halogens is 2. The lowest BCUT2D eigenvalue weighted by molar-refractivity contribution is 1.79. The van der Waals surface area contributed by atoms with Crippen LogP contribution in [0, 0.1) is 0 Å². The lowest BCUT2D eigenvalue weighted by Gasteiger charge is -2.12. The van der Waals surface area contributed by atoms with Crippen LogP contribution < -0.4 is 9.28 Å². The van der Waals surface area contributed by atoms with Gasteiger partial charge in [0.15, 0.2) is 0 Å². The fourth-order valence-corrected chi connectivity index (χ4v) is 4.06. The van der Waals surface area contributed by atoms with Crippen LogP contribution in [0.5, 0.6) is 0 Å². The maximum absolute atomic E-state index is 5.76. The molecule has 0 N–H and O–H groups in total. The quantitative estimate of drug-likeness (QED) is 0.693. The van der Waals surface area contributed by atoms with Gasteiger partial charge in [-0.05, 0) is 4.50 Å². The first-order valence-electron chi connectivity index (χ1n) is 3.79. The van der Waals surface area contributed by atoms with E-state index < -0.39 is 8.07 Å². The summed E-state index contributed by atoms with van der Waals surface area (Å²) in [5.74, 6) is 0. The van der Waals surface area contributed by atoms with Crippen LogP contribution in [0.3, 0.4) is 0 Å². The number of rotatable bonds is 2. The fourth-order valence-electron chi connectivity index (χ4n) is 0.873. The molecule has 0 aliphatic carbocycles. The highest BCUT2D eigenvalue weighted by Gasteiger charge is 2.21. The molecular formula is C7H11BCl2SSi. The SMILES string of the molecule is C[Si](C)(C)c1ccc(B(Cl)Cl)s1. The predicted molar refractivity (Wildman–Crippen MR) is 64.4 cm³/mol. The number of hydrogen-bond donors (Lipinski definition) is 0. The molecule has 0 aliphatic rings. The third-order valence-electron chi connectivity index (χ3n) is 1.58. The van der Waals surface area contributed by atoms with Gasteiger partial charge >= 0.3 is 5.54 Å². The molecule has 1 rings (SSSR count). The zero-order chi connectivity index (χ0) is 9.35. The second-order valence-corrected chi connectivity index (χ2v) is 11.4. The molecule has 0 amide bonds. The zero-order valence-electron chi connectivity index (χ0n) is 7.40. The van der Waals surface area contributed by atoms with E-state index in [9.17, 15) is 0 Å². The van der Waals surface area contributed by atoms with Crippen LogP contribution in [-0.2, 0) is 0 Å². The van der Waals surface area contributed by atoms with Crippen LogP contribution >= 0.6 is 34.3 Å². The van der Waals surface area contributed by atoms with Crippen molar-refractivity contribution in [3.63, 3.8) is 0 Å². The van der Waals surface area contributed by atoms with Gasteiger partial charge in [-0.2, -0.15) is 34.3 Å². The molecule has 0 atom stereocenters. The molecule has 1 aromatic heterocycles. The maximum Gasteiger partial charge on any atom is 0.392 e. The zero-order valence-corrected chi connectivity index (χ0v) is 10.7. The maximum atomic E-state index is 5.76. The van der Waals surface area contributed by atoms with E-state index >= 15 is 0 Å². The Balaban J connectivity index is 2.92. The van der Waals surface area contributed by atoms with Gasteiger partial charge in [0.05, 0.1) is 8.07 Å². The highest BCUT2D eigenvalue weighted by molar-refractivity contribution is 7.49. The van der Waals surface area contributed by atoms with Gasteiger partial charge in [-0.1, -0.05) is 31.8 Å². The van der Waals surface area contributed by atoms with Crippen molar-refractivity contribution >= 4 is 57.2 Å². The third kappa shape index (κ3) is 2.52. The Morgan fingerprint density at radius 2 is 1.83 bits per heavy atom. The highest BCUT2D eigenvalue weighted by atomic mass is 35.5. The molecule has 0 aromatic carbocycles. The normalized spacial score (nSPS) is 11.8. The van der Waals surface area contributed by atoms with Gasteiger partial charge in [-0.25, -0.2) is 0 Å². The highest BCUT2D eigenvalue weighted by Crippen LogP contribution is 2.08. The average Bonchev–Trinajstić information content (AvgIpc) is 2.30. The Hall–Kier alpha value is 0.562. The Morgan fingerprint density at radius 1 is 1.25 bits per heavy atom. The molecule has 12 heavy (non-hydrogen) atoms. The first kappa shape index (κ1) is 10.6. The van der Waals surface area contributed by atoms with Crippen LogP contribution in [0.1, 0.15) is 0 Å². The lowest BCUT2D eigenvalue weighted by Crippen LogP contribution is -2.35. The van der Waals surface area contributed by atoms with Crippen LogP contribution in [-0.4, -0.2) is 13.6 Å². The number of thiophene rings is 1. The van der Waals surface area contributed by atoms with Gasteiger partial charge < -0.3 is 0 Å². The van der Waals surface area contributed by atoms with Crippen LogP contribution in [0.25, 0.3) is 0 Å². The Morgan fingerprint density at radius 3 is 2.08 bits per heavy atom. The summed E-state index contributed by atoms with van der Waals surface area (Å²) >= 11 is 13.3. The van der Waals surface area contributed by atoms with E-state index in [1.807, 2.05) is 6.07 Å². The first-order chi connectivity index (χ1) is 5.41. The third-order valence-corrected chi connectivity index (χ3v) is 7.06. The molecule has 66 valence electrons. The van der Waals surface area contributed by atoms with Crippen molar-refractivity contribution in [2.45, 2.75) is 19.6 Å². The molecule has 1 aromatic rings. The second-order valence-electron chi connectivity index (χ2n) is 3.75. The summed E-state index contributed by atoms with van der Waals surface area (Å²) < 4.78 is 2.53. The van der Waals surface area contributed by atoms with Crippen molar-refractivity contribution < 1.29 is 0 Å². The van der Waals surface area contributed by atoms with Gasteiger partial charge in [-0.15, -0.1) is 0 Å². The van der Waals surface area contributed by atoms with Crippen molar-refractivity contribution in [2.75, 3.05) is 0 Å². The van der Waals surface area contributed by atoms with Crippen molar-refractivity contribution in [3.8, 4) is 0 Å². The monoisotopic (exact) mass is 236 g/mol. The summed E-state index contributed by atoms with van der Waals surface area (Å²) in [6.07, 6.45) is 0. The molecule has 1 heterocycles. The molecule has 0 unspecified atom stereocenters. The topological polar surface area (TPSA) is 0 Å². The van der Waals surface area contributed by atoms with E-state index in [1.54, 1.807) is 11.3 Å². The molecule has 0 bridgehead atoms. The van der Waals surface area contributed by atoms with E-state index in [2.05, 4.69) is 25.7 Å². The summed E-state index contributed by atoms with van der Waals surface area (Å²) in [6.45, 7) is 6.96. The Bertz CT molecular complexity index is 267. The van der Waals surface area contributed by atoms with Crippen molar-refractivity contribution in [1.29, 1.82) is 0 Å². The van der Waals surface area contributed by atoms with Gasteiger partial charge in [0, 0.05) is 4.78 Å². The molecule has 0 saturated heterocycles. The summed E-state index contributed by atoms with van der Waals surface area (Å²) in [5, 5.41) is 0. The van der Waals surface area contributed by atoms with Gasteiger partial charge in [0.25, 0.3) is 0 Å². The van der Waals surface area contributed by atoms with Crippen molar-refractivity contribution in [1.82, 2.24) is 0 Å². The van der Waals surface area contributed by atoms with E-state index in [4.69, 9.17) is 22.9 Å². The summed E-state index contributed by atoms with van der Waals surface area (Å²) in [4.78, 5) is 0. The summed E-state index contributed by atoms with van der Waals surface area (Å²) in [5.41, 5.74) is -0.361. The molecule has 5 heteroatoms. The Kier molecular flexibility index (Phi) is 3.32. The summed E-state index contributed by atoms with van der Waals surface area (Å²) in [6, 6.07) is 4.19. The lowest BCUT2D eigenvalue weighted by atomic mass is 10.1. The molecule has 0 nitrogen and oxygen atoms in total. The fraction of sp³-hybridized carbons (Fsp3) is 0.429. The van der Waals surface area contributed by atoms with E-state index in [0.29, 0.717) is 0 Å². The van der Waals surface area contributed by atoms with E-state index in [-0.39, 0.29) is 5.54 Å². The summed E-state index contributed by atoms with van der Waals surface area (Å²) in [7, 11) is -1.16. The smallest absolute Gasteiger partial charge is 0.164 e. The second kappa shape index (κ2) is 3.74. The van der Waals surface area contributed by atoms with Crippen molar-refractivity contribution in [3.05, 3.63) is 12.1 Å². The molecule has 0 saturated carbocycles. The minimum atomic E-state index is -1.16. The molecule has 0 fully saturated rings. The molecule has 0 aliphatic heterocycles. The van der Waals surface area contributed by atoms with E-state index in [0.717, 1.165) is 4.78 Å². The average molecular weight is 237 g/mol. The largest absolute Gasteiger partial charge is 0.392 e. The van der Waals surface area contributed by atoms with Crippen LogP contribution in [0.4, 0.5) is 0 Å². The predicted octanol–water partition coefficient (Wildman–Crippen LogP) is 2.47. The number of hydrogen-bond acceptors (Lipinski definition) is 1.